The van der Waals surface area contributed by atoms with Crippen LogP contribution in [0.4, 0.5) is 11.4 Å². The van der Waals surface area contributed by atoms with E-state index in [1.165, 1.54) is 25.7 Å². The Balaban J connectivity index is 1.76. The number of aryl methyl sites for hydroxylation is 1. The molecule has 4 nitrogen and oxygen atoms in total. The van der Waals surface area contributed by atoms with E-state index >= 15 is 0 Å². The molecule has 0 aromatic heterocycles. The minimum Gasteiger partial charge on any atom is -0.367 e. The summed E-state index contributed by atoms with van der Waals surface area (Å²) >= 11 is 0. The molecule has 1 saturated heterocycles. The van der Waals surface area contributed by atoms with Crippen LogP contribution in [-0.2, 0) is 0 Å². The average Bonchev–Trinajstić information content (AvgIpc) is 2.96. The predicted molar refractivity (Wildman–Crippen MR) is 89.3 cm³/mol. The molecular formula is C18H24N2O2. The third kappa shape index (κ3) is 3.01. The standard InChI is InChI=1S/C18H24N2O2/c1-13-4-3-5-15(10-13)16-8-9-19(12-16)17-6-7-18(20(21)22)14(2)11-17/h6-7,11,13H,3-5,8-10,12H2,1-2H3/b16-15-/t13-/m0/s1. The third-order valence-corrected chi connectivity index (χ3v) is 5.08. The molecule has 2 fully saturated rings. The number of rotatable bonds is 2. The maximum atomic E-state index is 10.9. The van der Waals surface area contributed by atoms with Crippen molar-refractivity contribution >= 4 is 11.4 Å². The zero-order valence-corrected chi connectivity index (χ0v) is 13.5. The zero-order valence-electron chi connectivity index (χ0n) is 13.5. The van der Waals surface area contributed by atoms with Gasteiger partial charge >= 0.3 is 0 Å². The lowest BCUT2D eigenvalue weighted by Gasteiger charge is -2.23. The highest BCUT2D eigenvalue weighted by Gasteiger charge is 2.23. The second kappa shape index (κ2) is 6.11. The quantitative estimate of drug-likeness (QED) is 0.455. The molecule has 1 atom stereocenters. The van der Waals surface area contributed by atoms with Crippen LogP contribution in [0.15, 0.2) is 29.3 Å². The number of nitrogens with zero attached hydrogens (tertiary/aromatic N) is 2. The second-order valence-electron chi connectivity index (χ2n) is 6.81. The number of anilines is 1. The van der Waals surface area contributed by atoms with Gasteiger partial charge in [-0.2, -0.15) is 0 Å². The maximum absolute atomic E-state index is 10.9. The Morgan fingerprint density at radius 1 is 1.27 bits per heavy atom. The maximum Gasteiger partial charge on any atom is 0.272 e. The second-order valence-corrected chi connectivity index (χ2v) is 6.81. The van der Waals surface area contributed by atoms with Gasteiger partial charge in [-0.3, -0.25) is 10.1 Å². The van der Waals surface area contributed by atoms with E-state index in [4.69, 9.17) is 0 Å². The Hall–Kier alpha value is -1.84. The van der Waals surface area contributed by atoms with Gasteiger partial charge in [-0.25, -0.2) is 0 Å². The average molecular weight is 300 g/mol. The van der Waals surface area contributed by atoms with Crippen LogP contribution >= 0.6 is 0 Å². The van der Waals surface area contributed by atoms with Gasteiger partial charge in [-0.1, -0.05) is 18.9 Å². The van der Waals surface area contributed by atoms with Crippen LogP contribution in [0.25, 0.3) is 0 Å². The molecular weight excluding hydrogens is 276 g/mol. The van der Waals surface area contributed by atoms with Crippen LogP contribution in [0.2, 0.25) is 0 Å². The lowest BCUT2D eigenvalue weighted by Crippen LogP contribution is -2.18. The molecule has 1 aromatic rings. The largest absolute Gasteiger partial charge is 0.367 e. The van der Waals surface area contributed by atoms with Crippen LogP contribution in [0.5, 0.6) is 0 Å². The van der Waals surface area contributed by atoms with Gasteiger partial charge in [-0.05, 0) is 56.2 Å². The van der Waals surface area contributed by atoms with E-state index in [9.17, 15) is 10.1 Å². The van der Waals surface area contributed by atoms with Crippen molar-refractivity contribution in [1.29, 1.82) is 0 Å². The summed E-state index contributed by atoms with van der Waals surface area (Å²) in [6, 6.07) is 5.48. The summed E-state index contributed by atoms with van der Waals surface area (Å²) in [5, 5.41) is 10.9. The van der Waals surface area contributed by atoms with E-state index in [0.717, 1.165) is 36.7 Å². The molecule has 2 aliphatic rings. The minimum atomic E-state index is -0.306. The number of nitro groups is 1. The van der Waals surface area contributed by atoms with Gasteiger partial charge in [0.1, 0.15) is 0 Å². The fourth-order valence-corrected chi connectivity index (χ4v) is 3.82. The molecule has 1 aliphatic carbocycles. The van der Waals surface area contributed by atoms with Crippen molar-refractivity contribution in [1.82, 2.24) is 0 Å². The lowest BCUT2D eigenvalue weighted by molar-refractivity contribution is -0.385. The topological polar surface area (TPSA) is 46.4 Å². The molecule has 0 amide bonds. The molecule has 3 rings (SSSR count). The molecule has 1 saturated carbocycles. The van der Waals surface area contributed by atoms with Crippen LogP contribution in [-0.4, -0.2) is 18.0 Å². The molecule has 0 radical (unpaired) electrons. The Bertz CT molecular complexity index is 622. The summed E-state index contributed by atoms with van der Waals surface area (Å²) in [6.45, 7) is 6.20. The summed E-state index contributed by atoms with van der Waals surface area (Å²) in [6.07, 6.45) is 6.38. The van der Waals surface area contributed by atoms with Gasteiger partial charge in [0.25, 0.3) is 5.69 Å². The van der Waals surface area contributed by atoms with E-state index in [2.05, 4.69) is 11.8 Å². The SMILES string of the molecule is Cc1cc(N2CC/C(=C3\CCC[C@H](C)C3)C2)ccc1[N+](=O)[O-]. The molecule has 22 heavy (non-hydrogen) atoms. The molecule has 1 aliphatic heterocycles. The summed E-state index contributed by atoms with van der Waals surface area (Å²) in [4.78, 5) is 13.0. The molecule has 4 heteroatoms. The Morgan fingerprint density at radius 2 is 2.09 bits per heavy atom. The van der Waals surface area contributed by atoms with E-state index in [0.29, 0.717) is 0 Å². The Morgan fingerprint density at radius 3 is 2.77 bits per heavy atom. The molecule has 0 spiro atoms. The summed E-state index contributed by atoms with van der Waals surface area (Å²) in [5.41, 5.74) is 5.36. The molecule has 1 heterocycles. The van der Waals surface area contributed by atoms with Crippen molar-refractivity contribution in [2.24, 2.45) is 5.92 Å². The summed E-state index contributed by atoms with van der Waals surface area (Å²) in [5.74, 6) is 0.826. The predicted octanol–water partition coefficient (Wildman–Crippen LogP) is 4.62. The number of hydrogen-bond donors (Lipinski definition) is 0. The van der Waals surface area contributed by atoms with Crippen LogP contribution in [0, 0.1) is 23.0 Å². The van der Waals surface area contributed by atoms with E-state index in [1.807, 2.05) is 19.1 Å². The van der Waals surface area contributed by atoms with Crippen LogP contribution in [0.1, 0.15) is 44.6 Å². The van der Waals surface area contributed by atoms with Crippen molar-refractivity contribution < 1.29 is 4.92 Å². The lowest BCUT2D eigenvalue weighted by atomic mass is 9.84. The summed E-state index contributed by atoms with van der Waals surface area (Å²) < 4.78 is 0. The van der Waals surface area contributed by atoms with Crippen molar-refractivity contribution in [3.63, 3.8) is 0 Å². The third-order valence-electron chi connectivity index (χ3n) is 5.08. The summed E-state index contributed by atoms with van der Waals surface area (Å²) in [7, 11) is 0. The highest BCUT2D eigenvalue weighted by Crippen LogP contribution is 2.35. The number of nitro benzene ring substituents is 1. The number of allylic oxidation sites excluding steroid dienone is 1. The molecule has 1 aromatic carbocycles. The first-order valence-electron chi connectivity index (χ1n) is 8.24. The van der Waals surface area contributed by atoms with Crippen molar-refractivity contribution in [2.75, 3.05) is 18.0 Å². The van der Waals surface area contributed by atoms with Crippen molar-refractivity contribution in [3.8, 4) is 0 Å². The molecule has 0 bridgehead atoms. The van der Waals surface area contributed by atoms with Gasteiger partial charge < -0.3 is 4.90 Å². The van der Waals surface area contributed by atoms with E-state index in [-0.39, 0.29) is 10.6 Å². The smallest absolute Gasteiger partial charge is 0.272 e. The monoisotopic (exact) mass is 300 g/mol. The first kappa shape index (κ1) is 15.1. The van der Waals surface area contributed by atoms with Gasteiger partial charge in [0, 0.05) is 30.4 Å². The van der Waals surface area contributed by atoms with E-state index < -0.39 is 0 Å². The number of hydrogen-bond acceptors (Lipinski definition) is 3. The normalized spacial score (nSPS) is 25.5. The Kier molecular flexibility index (Phi) is 4.19. The minimum absolute atomic E-state index is 0.211. The van der Waals surface area contributed by atoms with Crippen LogP contribution < -0.4 is 4.90 Å². The fraction of sp³-hybridized carbons (Fsp3) is 0.556. The molecule has 0 unspecified atom stereocenters. The number of benzene rings is 1. The van der Waals surface area contributed by atoms with Gasteiger partial charge in [-0.15, -0.1) is 0 Å². The Labute approximate surface area is 132 Å². The van der Waals surface area contributed by atoms with Gasteiger partial charge in [0.2, 0.25) is 0 Å². The van der Waals surface area contributed by atoms with Crippen LogP contribution in [0.3, 0.4) is 0 Å². The van der Waals surface area contributed by atoms with Gasteiger partial charge in [0.05, 0.1) is 4.92 Å². The van der Waals surface area contributed by atoms with Gasteiger partial charge in [0.15, 0.2) is 0 Å². The first-order valence-corrected chi connectivity index (χ1v) is 8.24. The fourth-order valence-electron chi connectivity index (χ4n) is 3.82. The van der Waals surface area contributed by atoms with Crippen molar-refractivity contribution in [3.05, 3.63) is 45.0 Å². The zero-order chi connectivity index (χ0) is 15.7. The molecule has 0 N–H and O–H groups in total. The molecule has 118 valence electrons. The first-order chi connectivity index (χ1) is 10.5. The van der Waals surface area contributed by atoms with Crippen molar-refractivity contribution in [2.45, 2.75) is 46.0 Å². The highest BCUT2D eigenvalue weighted by atomic mass is 16.6. The van der Waals surface area contributed by atoms with E-state index in [1.54, 1.807) is 17.2 Å². The highest BCUT2D eigenvalue weighted by molar-refractivity contribution is 5.57.